The smallest absolute Gasteiger partial charge is 0.342 e. The van der Waals surface area contributed by atoms with E-state index in [4.69, 9.17) is 5.11 Å². The van der Waals surface area contributed by atoms with Crippen LogP contribution >= 0.6 is 0 Å². The Balaban J connectivity index is 3.51. The van der Waals surface area contributed by atoms with Crippen molar-refractivity contribution in [2.24, 2.45) is 0 Å². The van der Waals surface area contributed by atoms with Crippen LogP contribution in [0.2, 0.25) is 0 Å². The molecule has 1 N–H and O–H groups in total. The highest BCUT2D eigenvalue weighted by atomic mass is 16.5. The first-order chi connectivity index (χ1) is 4.72. The van der Waals surface area contributed by atoms with Gasteiger partial charge in [-0.15, -0.1) is 0 Å². The predicted molar refractivity (Wildman–Crippen MR) is 33.3 cm³/mol. The van der Waals surface area contributed by atoms with Crippen molar-refractivity contribution < 1.29 is 19.4 Å². The van der Waals surface area contributed by atoms with Gasteiger partial charge in [0.1, 0.15) is 0 Å². The van der Waals surface area contributed by atoms with Crippen molar-refractivity contribution in [3.63, 3.8) is 0 Å². The zero-order valence-corrected chi connectivity index (χ0v) is 5.74. The molecule has 0 aliphatic carbocycles. The molecule has 10 heavy (non-hydrogen) atoms. The molecule has 0 aromatic rings. The van der Waals surface area contributed by atoms with Crippen LogP contribution in [0.4, 0.5) is 0 Å². The fourth-order valence-electron chi connectivity index (χ4n) is 0.344. The lowest BCUT2D eigenvalue weighted by Crippen LogP contribution is -2.24. The van der Waals surface area contributed by atoms with Crippen molar-refractivity contribution in [1.82, 2.24) is 0 Å². The van der Waals surface area contributed by atoms with Gasteiger partial charge in [0.05, 0.1) is 6.61 Å². The maximum Gasteiger partial charge on any atom is 0.342 e. The summed E-state index contributed by atoms with van der Waals surface area (Å²) in [6.07, 6.45) is -0.804. The minimum absolute atomic E-state index is 0.137. The molecule has 0 radical (unpaired) electrons. The van der Waals surface area contributed by atoms with Crippen LogP contribution < -0.4 is 0 Å². The first-order valence-electron chi connectivity index (χ1n) is 3.02. The molecule has 0 rings (SSSR count). The fourth-order valence-corrected chi connectivity index (χ4v) is 0.344. The van der Waals surface area contributed by atoms with Gasteiger partial charge in [-0.2, -0.15) is 0 Å². The quantitative estimate of drug-likeness (QED) is 0.330. The summed E-state index contributed by atoms with van der Waals surface area (Å²) in [5, 5.41) is 8.51. The average Bonchev–Trinajstić information content (AvgIpc) is 1.98. The zero-order valence-electron chi connectivity index (χ0n) is 5.74. The van der Waals surface area contributed by atoms with Crippen molar-refractivity contribution >= 4 is 12.3 Å². The van der Waals surface area contributed by atoms with Crippen LogP contribution in [0.5, 0.6) is 0 Å². The molecule has 0 aromatic heterocycles. The topological polar surface area (TPSA) is 63.6 Å². The van der Waals surface area contributed by atoms with Gasteiger partial charge in [0.25, 0.3) is 0 Å². The predicted octanol–water partition coefficient (Wildman–Crippen LogP) is -0.501. The Bertz CT molecular complexity index is 121. The zero-order chi connectivity index (χ0) is 7.98. The number of hydrogen-bond acceptors (Lipinski definition) is 4. The number of aldehydes is 1. The van der Waals surface area contributed by atoms with E-state index in [1.54, 1.807) is 0 Å². The highest BCUT2D eigenvalue weighted by Gasteiger charge is 2.13. The fraction of sp³-hybridized carbons (Fsp3) is 0.667. The standard InChI is InChI=1S/C6H10O4/c1-2-3-10-6(9)5(8)4-7/h4-5,8H,2-3H2,1H3/t5-/m0/s1. The number of carbonyl (C=O) groups excluding carboxylic acids is 2. The third-order valence-corrected chi connectivity index (χ3v) is 0.819. The normalized spacial score (nSPS) is 12.2. The van der Waals surface area contributed by atoms with Crippen LogP contribution in [0.3, 0.4) is 0 Å². The van der Waals surface area contributed by atoms with E-state index in [0.29, 0.717) is 6.42 Å². The lowest BCUT2D eigenvalue weighted by Gasteiger charge is -2.02. The van der Waals surface area contributed by atoms with Crippen LogP contribution in [-0.4, -0.2) is 30.1 Å². The number of esters is 1. The van der Waals surface area contributed by atoms with E-state index in [9.17, 15) is 9.59 Å². The Morgan fingerprint density at radius 3 is 2.80 bits per heavy atom. The molecule has 0 heterocycles. The van der Waals surface area contributed by atoms with Gasteiger partial charge in [0, 0.05) is 0 Å². The molecule has 0 saturated carbocycles. The summed E-state index contributed by atoms with van der Waals surface area (Å²) in [5.41, 5.74) is 0. The highest BCUT2D eigenvalue weighted by Crippen LogP contribution is 1.86. The van der Waals surface area contributed by atoms with Crippen LogP contribution in [-0.2, 0) is 14.3 Å². The SMILES string of the molecule is CCCOC(=O)[C@@H](O)C=O. The van der Waals surface area contributed by atoms with Crippen molar-refractivity contribution in [1.29, 1.82) is 0 Å². The van der Waals surface area contributed by atoms with E-state index in [0.717, 1.165) is 0 Å². The van der Waals surface area contributed by atoms with Gasteiger partial charge in [-0.05, 0) is 6.42 Å². The van der Waals surface area contributed by atoms with Gasteiger partial charge < -0.3 is 9.84 Å². The van der Waals surface area contributed by atoms with E-state index in [1.165, 1.54) is 0 Å². The molecule has 4 heteroatoms. The Hall–Kier alpha value is -0.900. The Morgan fingerprint density at radius 1 is 1.80 bits per heavy atom. The van der Waals surface area contributed by atoms with Gasteiger partial charge in [-0.1, -0.05) is 6.92 Å². The van der Waals surface area contributed by atoms with E-state index in [2.05, 4.69) is 4.74 Å². The average molecular weight is 146 g/mol. The molecular formula is C6H10O4. The molecule has 0 unspecified atom stereocenters. The second kappa shape index (κ2) is 4.93. The number of rotatable bonds is 4. The van der Waals surface area contributed by atoms with Gasteiger partial charge in [0.2, 0.25) is 6.10 Å². The molecule has 4 nitrogen and oxygen atoms in total. The molecular weight excluding hydrogens is 136 g/mol. The third kappa shape index (κ3) is 3.19. The largest absolute Gasteiger partial charge is 0.463 e. The van der Waals surface area contributed by atoms with Crippen molar-refractivity contribution in [3.8, 4) is 0 Å². The number of ether oxygens (including phenoxy) is 1. The van der Waals surface area contributed by atoms with Crippen molar-refractivity contribution in [3.05, 3.63) is 0 Å². The molecule has 58 valence electrons. The maximum atomic E-state index is 10.4. The minimum Gasteiger partial charge on any atom is -0.463 e. The maximum absolute atomic E-state index is 10.4. The van der Waals surface area contributed by atoms with Gasteiger partial charge >= 0.3 is 5.97 Å². The van der Waals surface area contributed by atoms with Gasteiger partial charge in [-0.25, -0.2) is 4.79 Å². The molecule has 0 fully saturated rings. The molecule has 0 spiro atoms. The number of aliphatic hydroxyl groups is 1. The van der Waals surface area contributed by atoms with Crippen molar-refractivity contribution in [2.75, 3.05) is 6.61 Å². The summed E-state index contributed by atoms with van der Waals surface area (Å²) in [6.45, 7) is 2.06. The summed E-state index contributed by atoms with van der Waals surface area (Å²) in [5.74, 6) is -0.878. The lowest BCUT2D eigenvalue weighted by molar-refractivity contribution is -0.154. The van der Waals surface area contributed by atoms with Crippen LogP contribution in [0, 0.1) is 0 Å². The molecule has 0 aliphatic rings. The lowest BCUT2D eigenvalue weighted by atomic mass is 10.4. The number of aliphatic hydroxyl groups excluding tert-OH is 1. The Labute approximate surface area is 58.8 Å². The molecule has 0 bridgehead atoms. The summed E-state index contributed by atoms with van der Waals surface area (Å²) >= 11 is 0. The molecule has 0 amide bonds. The van der Waals surface area contributed by atoms with E-state index in [-0.39, 0.29) is 12.9 Å². The second-order valence-electron chi connectivity index (χ2n) is 1.75. The van der Waals surface area contributed by atoms with Gasteiger partial charge in [0.15, 0.2) is 6.29 Å². The first kappa shape index (κ1) is 9.10. The van der Waals surface area contributed by atoms with Crippen molar-refractivity contribution in [2.45, 2.75) is 19.4 Å². The molecule has 0 aromatic carbocycles. The second-order valence-corrected chi connectivity index (χ2v) is 1.75. The summed E-state index contributed by atoms with van der Waals surface area (Å²) < 4.78 is 4.42. The van der Waals surface area contributed by atoms with Crippen LogP contribution in [0.1, 0.15) is 13.3 Å². The molecule has 1 atom stereocenters. The Kier molecular flexibility index (Phi) is 4.49. The minimum atomic E-state index is -1.62. The van der Waals surface area contributed by atoms with Gasteiger partial charge in [-0.3, -0.25) is 4.79 Å². The van der Waals surface area contributed by atoms with Crippen LogP contribution in [0.25, 0.3) is 0 Å². The molecule has 0 saturated heterocycles. The summed E-state index contributed by atoms with van der Waals surface area (Å²) in [6, 6.07) is 0. The van der Waals surface area contributed by atoms with Crippen LogP contribution in [0.15, 0.2) is 0 Å². The number of hydrogen-bond donors (Lipinski definition) is 1. The number of carbonyl (C=O) groups is 2. The summed E-state index contributed by atoms with van der Waals surface area (Å²) in [4.78, 5) is 20.2. The summed E-state index contributed by atoms with van der Waals surface area (Å²) in [7, 11) is 0. The van der Waals surface area contributed by atoms with E-state index in [1.807, 2.05) is 6.92 Å². The first-order valence-corrected chi connectivity index (χ1v) is 3.02. The highest BCUT2D eigenvalue weighted by molar-refractivity contribution is 5.90. The molecule has 0 aliphatic heterocycles. The van der Waals surface area contributed by atoms with E-state index >= 15 is 0 Å². The monoisotopic (exact) mass is 146 g/mol. The third-order valence-electron chi connectivity index (χ3n) is 0.819. The van der Waals surface area contributed by atoms with E-state index < -0.39 is 12.1 Å². The Morgan fingerprint density at radius 2 is 2.40 bits per heavy atom.